The smallest absolute Gasteiger partial charge is 0.153 e. The average molecular weight is 264 g/mol. The van der Waals surface area contributed by atoms with E-state index < -0.39 is 0 Å². The van der Waals surface area contributed by atoms with Crippen LogP contribution >= 0.6 is 11.8 Å². The van der Waals surface area contributed by atoms with E-state index in [2.05, 4.69) is 35.3 Å². The number of benzene rings is 1. The molecule has 0 bridgehead atoms. The molecule has 4 heteroatoms. The van der Waals surface area contributed by atoms with Crippen LogP contribution in [0.1, 0.15) is 23.7 Å². The standard InChI is InChI=1S/C14H20N2OS/c1-2-10-18-14-5-3-4-13(12(14)11-17)16-8-6-15-7-9-16/h3-5,11,15H,2,6-10H2,1H3. The summed E-state index contributed by atoms with van der Waals surface area (Å²) in [6.45, 7) is 6.09. The normalized spacial score (nSPS) is 15.7. The van der Waals surface area contributed by atoms with Gasteiger partial charge in [-0.25, -0.2) is 0 Å². The molecule has 1 heterocycles. The molecule has 1 fully saturated rings. The molecule has 1 aromatic carbocycles. The molecule has 0 spiro atoms. The van der Waals surface area contributed by atoms with E-state index in [0.717, 1.165) is 60.8 Å². The highest BCUT2D eigenvalue weighted by atomic mass is 32.2. The first-order valence-corrected chi connectivity index (χ1v) is 7.52. The highest BCUT2D eigenvalue weighted by Crippen LogP contribution is 2.30. The van der Waals surface area contributed by atoms with Gasteiger partial charge in [0.15, 0.2) is 6.29 Å². The van der Waals surface area contributed by atoms with Crippen LogP contribution < -0.4 is 10.2 Å². The molecule has 1 N–H and O–H groups in total. The predicted molar refractivity (Wildman–Crippen MR) is 77.9 cm³/mol. The molecule has 1 aliphatic rings. The number of hydrogen-bond donors (Lipinski definition) is 1. The molecule has 0 unspecified atom stereocenters. The average Bonchev–Trinajstić information content (AvgIpc) is 2.45. The minimum Gasteiger partial charge on any atom is -0.368 e. The Balaban J connectivity index is 2.25. The zero-order valence-electron chi connectivity index (χ0n) is 10.8. The van der Waals surface area contributed by atoms with Crippen molar-refractivity contribution >= 4 is 23.7 Å². The van der Waals surface area contributed by atoms with Gasteiger partial charge < -0.3 is 10.2 Å². The van der Waals surface area contributed by atoms with E-state index in [1.54, 1.807) is 11.8 Å². The summed E-state index contributed by atoms with van der Waals surface area (Å²) in [5.74, 6) is 1.06. The Kier molecular flexibility index (Phi) is 5.08. The zero-order chi connectivity index (χ0) is 12.8. The molecule has 0 saturated carbocycles. The summed E-state index contributed by atoms with van der Waals surface area (Å²) in [7, 11) is 0. The number of carbonyl (C=O) groups is 1. The van der Waals surface area contributed by atoms with Gasteiger partial charge in [-0.05, 0) is 24.3 Å². The lowest BCUT2D eigenvalue weighted by atomic mass is 10.1. The van der Waals surface area contributed by atoms with E-state index in [-0.39, 0.29) is 0 Å². The van der Waals surface area contributed by atoms with Gasteiger partial charge in [-0.15, -0.1) is 11.8 Å². The summed E-state index contributed by atoms with van der Waals surface area (Å²) in [5.41, 5.74) is 1.95. The summed E-state index contributed by atoms with van der Waals surface area (Å²) in [5, 5.41) is 3.34. The maximum absolute atomic E-state index is 11.4. The molecular formula is C14H20N2OS. The van der Waals surface area contributed by atoms with Crippen molar-refractivity contribution in [2.75, 3.05) is 36.8 Å². The Hall–Kier alpha value is -1.00. The summed E-state index contributed by atoms with van der Waals surface area (Å²) in [4.78, 5) is 14.8. The SMILES string of the molecule is CCCSc1cccc(N2CCNCC2)c1C=O. The third-order valence-electron chi connectivity index (χ3n) is 3.08. The van der Waals surface area contributed by atoms with Crippen molar-refractivity contribution in [1.29, 1.82) is 0 Å². The van der Waals surface area contributed by atoms with Crippen LogP contribution in [-0.2, 0) is 0 Å². The van der Waals surface area contributed by atoms with E-state index in [9.17, 15) is 4.79 Å². The highest BCUT2D eigenvalue weighted by Gasteiger charge is 2.16. The van der Waals surface area contributed by atoms with Crippen molar-refractivity contribution in [2.45, 2.75) is 18.2 Å². The Bertz CT molecular complexity index is 403. The molecule has 0 aliphatic carbocycles. The van der Waals surface area contributed by atoms with Crippen molar-refractivity contribution in [3.8, 4) is 0 Å². The van der Waals surface area contributed by atoms with Crippen molar-refractivity contribution in [2.24, 2.45) is 0 Å². The van der Waals surface area contributed by atoms with E-state index >= 15 is 0 Å². The summed E-state index contributed by atoms with van der Waals surface area (Å²) in [6, 6.07) is 6.17. The molecule has 0 radical (unpaired) electrons. The quantitative estimate of drug-likeness (QED) is 0.654. The van der Waals surface area contributed by atoms with E-state index in [1.165, 1.54) is 0 Å². The maximum atomic E-state index is 11.4. The Labute approximate surface area is 113 Å². The lowest BCUT2D eigenvalue weighted by molar-refractivity contribution is 0.112. The van der Waals surface area contributed by atoms with Gasteiger partial charge in [0.05, 0.1) is 5.56 Å². The van der Waals surface area contributed by atoms with Crippen molar-refractivity contribution in [3.05, 3.63) is 23.8 Å². The van der Waals surface area contributed by atoms with Crippen molar-refractivity contribution in [1.82, 2.24) is 5.32 Å². The Morgan fingerprint density at radius 2 is 2.17 bits per heavy atom. The topological polar surface area (TPSA) is 32.3 Å². The fraction of sp³-hybridized carbons (Fsp3) is 0.500. The third-order valence-corrected chi connectivity index (χ3v) is 4.36. The van der Waals surface area contributed by atoms with Crippen LogP contribution in [0.5, 0.6) is 0 Å². The number of piperazine rings is 1. The third kappa shape index (κ3) is 3.06. The first-order valence-electron chi connectivity index (χ1n) is 6.53. The molecule has 2 rings (SSSR count). The van der Waals surface area contributed by atoms with Gasteiger partial charge in [0.25, 0.3) is 0 Å². The zero-order valence-corrected chi connectivity index (χ0v) is 11.6. The molecule has 98 valence electrons. The predicted octanol–water partition coefficient (Wildman–Crippen LogP) is 2.41. The second-order valence-corrected chi connectivity index (χ2v) is 5.53. The van der Waals surface area contributed by atoms with Gasteiger partial charge in [-0.1, -0.05) is 13.0 Å². The van der Waals surface area contributed by atoms with Crippen LogP contribution in [0.3, 0.4) is 0 Å². The highest BCUT2D eigenvalue weighted by molar-refractivity contribution is 7.99. The van der Waals surface area contributed by atoms with Crippen LogP contribution in [-0.4, -0.2) is 38.2 Å². The van der Waals surface area contributed by atoms with Crippen molar-refractivity contribution < 1.29 is 4.79 Å². The number of thioether (sulfide) groups is 1. The minimum atomic E-state index is 0.859. The number of nitrogens with zero attached hydrogens (tertiary/aromatic N) is 1. The monoisotopic (exact) mass is 264 g/mol. The summed E-state index contributed by atoms with van der Waals surface area (Å²) < 4.78 is 0. The Morgan fingerprint density at radius 3 is 2.83 bits per heavy atom. The summed E-state index contributed by atoms with van der Waals surface area (Å²) >= 11 is 1.78. The molecule has 0 amide bonds. The van der Waals surface area contributed by atoms with Crippen LogP contribution in [0.2, 0.25) is 0 Å². The van der Waals surface area contributed by atoms with Crippen LogP contribution in [0.15, 0.2) is 23.1 Å². The summed E-state index contributed by atoms with van der Waals surface area (Å²) in [6.07, 6.45) is 2.14. The van der Waals surface area contributed by atoms with Gasteiger partial charge in [-0.2, -0.15) is 0 Å². The van der Waals surface area contributed by atoms with Gasteiger partial charge >= 0.3 is 0 Å². The van der Waals surface area contributed by atoms with Gasteiger partial charge in [0.2, 0.25) is 0 Å². The van der Waals surface area contributed by atoms with Crippen LogP contribution in [0, 0.1) is 0 Å². The number of anilines is 1. The number of rotatable bonds is 5. The molecule has 1 saturated heterocycles. The number of hydrogen-bond acceptors (Lipinski definition) is 4. The van der Waals surface area contributed by atoms with Crippen molar-refractivity contribution in [3.63, 3.8) is 0 Å². The first kappa shape index (κ1) is 13.4. The Morgan fingerprint density at radius 1 is 1.39 bits per heavy atom. The molecule has 1 aliphatic heterocycles. The van der Waals surface area contributed by atoms with Crippen LogP contribution in [0.4, 0.5) is 5.69 Å². The molecule has 1 aromatic rings. The first-order chi connectivity index (χ1) is 8.86. The number of carbonyl (C=O) groups excluding carboxylic acids is 1. The molecule has 18 heavy (non-hydrogen) atoms. The number of nitrogens with one attached hydrogen (secondary N) is 1. The second kappa shape index (κ2) is 6.81. The lowest BCUT2D eigenvalue weighted by Crippen LogP contribution is -2.43. The fourth-order valence-electron chi connectivity index (χ4n) is 2.17. The fourth-order valence-corrected chi connectivity index (χ4v) is 3.08. The van der Waals surface area contributed by atoms with E-state index in [0.29, 0.717) is 0 Å². The van der Waals surface area contributed by atoms with E-state index in [4.69, 9.17) is 0 Å². The maximum Gasteiger partial charge on any atom is 0.153 e. The minimum absolute atomic E-state index is 0.859. The van der Waals surface area contributed by atoms with Gasteiger partial charge in [0.1, 0.15) is 0 Å². The molecule has 0 atom stereocenters. The molecule has 3 nitrogen and oxygen atoms in total. The number of aldehydes is 1. The van der Waals surface area contributed by atoms with Gasteiger partial charge in [0, 0.05) is 36.8 Å². The largest absolute Gasteiger partial charge is 0.368 e. The van der Waals surface area contributed by atoms with Gasteiger partial charge in [-0.3, -0.25) is 4.79 Å². The molecular weight excluding hydrogens is 244 g/mol. The molecule has 0 aromatic heterocycles. The second-order valence-electron chi connectivity index (χ2n) is 4.39. The van der Waals surface area contributed by atoms with Crippen LogP contribution in [0.25, 0.3) is 0 Å². The lowest BCUT2D eigenvalue weighted by Gasteiger charge is -2.30. The van der Waals surface area contributed by atoms with E-state index in [1.807, 2.05) is 0 Å².